The van der Waals surface area contributed by atoms with E-state index in [-0.39, 0.29) is 36.5 Å². The highest BCUT2D eigenvalue weighted by atomic mass is 19.1. The normalized spacial score (nSPS) is 21.9. The summed E-state index contributed by atoms with van der Waals surface area (Å²) >= 11 is 0. The van der Waals surface area contributed by atoms with E-state index in [1.165, 1.54) is 0 Å². The van der Waals surface area contributed by atoms with Crippen molar-refractivity contribution >= 4 is 24.0 Å². The molecule has 0 radical (unpaired) electrons. The minimum Gasteiger partial charge on any atom is -0.378 e. The standard InChI is InChI=1S/C22H33F2N7O4/c23-10-18-25-20(19(24)21(26-18)30-6-5-29-7-8-35-13-17(29)12-30)27-28-22(33)16(11-31(34)14-32)9-15-3-1-2-4-15/h14-17,34H,1-13H2,(H,28,33)(H,25,26,27). The first-order chi connectivity index (χ1) is 17.0. The maximum Gasteiger partial charge on any atom is 0.243 e. The number of hydrogen-bond donors (Lipinski definition) is 3. The Labute approximate surface area is 202 Å². The molecule has 3 N–H and O–H groups in total. The Hall–Kier alpha value is -2.64. The number of hydrogen-bond acceptors (Lipinski definition) is 9. The van der Waals surface area contributed by atoms with Gasteiger partial charge >= 0.3 is 0 Å². The van der Waals surface area contributed by atoms with Crippen molar-refractivity contribution in [3.63, 3.8) is 0 Å². The number of fused-ring (bicyclic) bond motifs is 1. The summed E-state index contributed by atoms with van der Waals surface area (Å²) in [7, 11) is 0. The number of nitrogens with zero attached hydrogens (tertiary/aromatic N) is 5. The van der Waals surface area contributed by atoms with Gasteiger partial charge in [-0.1, -0.05) is 25.7 Å². The summed E-state index contributed by atoms with van der Waals surface area (Å²) in [5.41, 5.74) is 4.91. The number of nitrogens with one attached hydrogen (secondary N) is 2. The molecule has 2 atom stereocenters. The third-order valence-electron chi connectivity index (χ3n) is 7.03. The van der Waals surface area contributed by atoms with Crippen molar-refractivity contribution in [2.24, 2.45) is 11.8 Å². The number of ether oxygens (including phenoxy) is 1. The molecule has 3 fully saturated rings. The molecule has 1 aliphatic carbocycles. The molecule has 13 heteroatoms. The molecule has 11 nitrogen and oxygen atoms in total. The van der Waals surface area contributed by atoms with Crippen LogP contribution in [-0.2, 0) is 21.0 Å². The van der Waals surface area contributed by atoms with Crippen LogP contribution in [0, 0.1) is 17.7 Å². The van der Waals surface area contributed by atoms with Crippen molar-refractivity contribution in [2.45, 2.75) is 44.8 Å². The first-order valence-electron chi connectivity index (χ1n) is 12.1. The van der Waals surface area contributed by atoms with Gasteiger partial charge in [-0.25, -0.2) is 19.4 Å². The number of hydrazine groups is 1. The van der Waals surface area contributed by atoms with Crippen molar-refractivity contribution < 1.29 is 28.3 Å². The minimum atomic E-state index is -0.995. The van der Waals surface area contributed by atoms with Crippen LogP contribution in [0.3, 0.4) is 0 Å². The van der Waals surface area contributed by atoms with E-state index in [1.54, 1.807) is 4.90 Å². The largest absolute Gasteiger partial charge is 0.378 e. The van der Waals surface area contributed by atoms with Crippen LogP contribution in [0.4, 0.5) is 20.4 Å². The maximum absolute atomic E-state index is 15.4. The zero-order chi connectivity index (χ0) is 24.8. The summed E-state index contributed by atoms with van der Waals surface area (Å²) in [6, 6.07) is 0.0902. The Balaban J connectivity index is 1.45. The van der Waals surface area contributed by atoms with Gasteiger partial charge in [0.1, 0.15) is 6.67 Å². The predicted molar refractivity (Wildman–Crippen MR) is 122 cm³/mol. The van der Waals surface area contributed by atoms with Crippen molar-refractivity contribution in [3.05, 3.63) is 11.6 Å². The number of hydroxylamine groups is 2. The molecule has 2 aliphatic heterocycles. The number of rotatable bonds is 10. The van der Waals surface area contributed by atoms with E-state index in [0.717, 1.165) is 32.2 Å². The van der Waals surface area contributed by atoms with Gasteiger partial charge in [0.05, 0.1) is 31.7 Å². The van der Waals surface area contributed by atoms with Gasteiger partial charge in [-0.3, -0.25) is 30.5 Å². The molecule has 0 bridgehead atoms. The summed E-state index contributed by atoms with van der Waals surface area (Å²) in [5.74, 6) is -2.28. The van der Waals surface area contributed by atoms with Crippen LogP contribution >= 0.6 is 0 Å². The lowest BCUT2D eigenvalue weighted by Gasteiger charge is -2.44. The summed E-state index contributed by atoms with van der Waals surface area (Å²) in [4.78, 5) is 35.7. The fourth-order valence-corrected chi connectivity index (χ4v) is 5.18. The number of carbonyl (C=O) groups is 2. The van der Waals surface area contributed by atoms with Gasteiger partial charge in [0.2, 0.25) is 18.1 Å². The van der Waals surface area contributed by atoms with E-state index in [4.69, 9.17) is 4.74 Å². The topological polar surface area (TPSA) is 123 Å². The molecular weight excluding hydrogens is 464 g/mol. The van der Waals surface area contributed by atoms with E-state index in [0.29, 0.717) is 50.2 Å². The smallest absolute Gasteiger partial charge is 0.243 e. The monoisotopic (exact) mass is 497 g/mol. The lowest BCUT2D eigenvalue weighted by Crippen LogP contribution is -2.58. The number of piperazine rings is 1. The van der Waals surface area contributed by atoms with Gasteiger partial charge in [0.15, 0.2) is 17.5 Å². The minimum absolute atomic E-state index is 0.0281. The molecule has 2 amide bonds. The highest BCUT2D eigenvalue weighted by molar-refractivity contribution is 5.80. The molecule has 194 valence electrons. The zero-order valence-electron chi connectivity index (χ0n) is 19.7. The first-order valence-corrected chi connectivity index (χ1v) is 12.1. The average Bonchev–Trinajstić information content (AvgIpc) is 3.40. The zero-order valence-corrected chi connectivity index (χ0v) is 19.7. The number of carbonyl (C=O) groups excluding carboxylic acids is 2. The molecule has 2 unspecified atom stereocenters. The van der Waals surface area contributed by atoms with Gasteiger partial charge in [-0.15, -0.1) is 0 Å². The quantitative estimate of drug-likeness (QED) is 0.248. The van der Waals surface area contributed by atoms with Gasteiger partial charge in [0.25, 0.3) is 0 Å². The molecule has 0 spiro atoms. The molecule has 1 aromatic heterocycles. The van der Waals surface area contributed by atoms with E-state index >= 15 is 4.39 Å². The van der Waals surface area contributed by atoms with E-state index < -0.39 is 24.3 Å². The Bertz CT molecular complexity index is 890. The van der Waals surface area contributed by atoms with E-state index in [1.807, 2.05) is 0 Å². The van der Waals surface area contributed by atoms with Gasteiger partial charge in [-0.2, -0.15) is 4.39 Å². The summed E-state index contributed by atoms with van der Waals surface area (Å²) in [6.07, 6.45) is 4.84. The van der Waals surface area contributed by atoms with Crippen molar-refractivity contribution in [1.29, 1.82) is 0 Å². The van der Waals surface area contributed by atoms with Crippen LogP contribution in [0.25, 0.3) is 0 Å². The second-order valence-corrected chi connectivity index (χ2v) is 9.40. The molecule has 0 aromatic carbocycles. The SMILES string of the molecule is O=CN(O)CC(CC1CCCC1)C(=O)NNc1nc(CF)nc(N2CCN3CCOCC3C2)c1F. The third kappa shape index (κ3) is 6.33. The Morgan fingerprint density at radius 2 is 2.09 bits per heavy atom. The van der Waals surface area contributed by atoms with Gasteiger partial charge in [0, 0.05) is 26.2 Å². The number of anilines is 2. The van der Waals surface area contributed by atoms with E-state index in [9.17, 15) is 19.2 Å². The van der Waals surface area contributed by atoms with Crippen molar-refractivity contribution in [2.75, 3.05) is 56.3 Å². The van der Waals surface area contributed by atoms with Gasteiger partial charge < -0.3 is 9.64 Å². The number of halogens is 2. The fourth-order valence-electron chi connectivity index (χ4n) is 5.18. The number of alkyl halides is 1. The second kappa shape index (κ2) is 11.9. The molecule has 4 rings (SSSR count). The van der Waals surface area contributed by atoms with Crippen LogP contribution in [0.1, 0.15) is 37.9 Å². The third-order valence-corrected chi connectivity index (χ3v) is 7.03. The number of aromatic nitrogens is 2. The molecule has 1 saturated carbocycles. The maximum atomic E-state index is 15.4. The molecule has 35 heavy (non-hydrogen) atoms. The summed E-state index contributed by atoms with van der Waals surface area (Å²) in [5, 5.41) is 10.1. The highest BCUT2D eigenvalue weighted by Gasteiger charge is 2.33. The molecule has 3 aliphatic rings. The van der Waals surface area contributed by atoms with Crippen LogP contribution in [-0.4, -0.2) is 89.4 Å². The molecule has 2 saturated heterocycles. The predicted octanol–water partition coefficient (Wildman–Crippen LogP) is 1.09. The van der Waals surface area contributed by atoms with E-state index in [2.05, 4.69) is 25.7 Å². The Morgan fingerprint density at radius 3 is 2.83 bits per heavy atom. The number of morpholine rings is 1. The lowest BCUT2D eigenvalue weighted by molar-refractivity contribution is -0.154. The summed E-state index contributed by atoms with van der Waals surface area (Å²) in [6.45, 7) is 2.54. The average molecular weight is 498 g/mol. The van der Waals surface area contributed by atoms with Crippen LogP contribution in [0.2, 0.25) is 0 Å². The Morgan fingerprint density at radius 1 is 1.29 bits per heavy atom. The summed E-state index contributed by atoms with van der Waals surface area (Å²) < 4.78 is 34.4. The van der Waals surface area contributed by atoms with Crippen molar-refractivity contribution in [3.8, 4) is 0 Å². The number of amides is 2. The van der Waals surface area contributed by atoms with Crippen LogP contribution in [0.5, 0.6) is 0 Å². The van der Waals surface area contributed by atoms with Crippen LogP contribution in [0.15, 0.2) is 0 Å². The fraction of sp³-hybridized carbons (Fsp3) is 0.727. The lowest BCUT2D eigenvalue weighted by atomic mass is 9.92. The molecular formula is C22H33F2N7O4. The van der Waals surface area contributed by atoms with Gasteiger partial charge in [-0.05, 0) is 12.3 Å². The first kappa shape index (κ1) is 25.5. The van der Waals surface area contributed by atoms with Crippen molar-refractivity contribution in [1.82, 2.24) is 25.4 Å². The highest BCUT2D eigenvalue weighted by Crippen LogP contribution is 2.31. The molecule has 3 heterocycles. The second-order valence-electron chi connectivity index (χ2n) is 9.40. The molecule has 1 aromatic rings. The Kier molecular flexibility index (Phi) is 8.63. The van der Waals surface area contributed by atoms with Crippen LogP contribution < -0.4 is 15.8 Å².